The van der Waals surface area contributed by atoms with Crippen LogP contribution >= 0.6 is 0 Å². The Morgan fingerprint density at radius 2 is 1.94 bits per heavy atom. The first-order valence-electron chi connectivity index (χ1n) is 4.98. The van der Waals surface area contributed by atoms with Gasteiger partial charge in [0.2, 0.25) is 0 Å². The summed E-state index contributed by atoms with van der Waals surface area (Å²) in [4.78, 5) is 10.1. The van der Waals surface area contributed by atoms with Gasteiger partial charge in [0.1, 0.15) is 6.61 Å². The lowest BCUT2D eigenvalue weighted by atomic mass is 10.7. The fourth-order valence-corrected chi connectivity index (χ4v) is 2.26. The van der Waals surface area contributed by atoms with Gasteiger partial charge in [-0.3, -0.25) is 0 Å². The highest BCUT2D eigenvalue weighted by Crippen LogP contribution is 1.95. The molecule has 7 nitrogen and oxygen atoms in total. The van der Waals surface area contributed by atoms with E-state index in [1.807, 2.05) is 0 Å². The molecule has 0 aliphatic heterocycles. The van der Waals surface area contributed by atoms with Crippen LogP contribution in [0.3, 0.4) is 0 Å². The Morgan fingerprint density at radius 1 is 1.38 bits per heavy atom. The summed E-state index contributed by atoms with van der Waals surface area (Å²) in [6.45, 7) is 3.93. The number of rotatable bonds is 9. The highest BCUT2D eigenvalue weighted by molar-refractivity contribution is 7.87. The van der Waals surface area contributed by atoms with E-state index < -0.39 is 22.8 Å². The van der Waals surface area contributed by atoms with Crippen molar-refractivity contribution in [3.63, 3.8) is 0 Å². The quantitative estimate of drug-likeness (QED) is 0.528. The predicted octanol–water partition coefficient (Wildman–Crippen LogP) is -0.736. The fraction of sp³-hybridized carbons (Fsp3) is 0.875. The molecule has 0 amide bonds. The molecule has 2 N–H and O–H groups in total. The SMILES string of the molecule is CCN(CC)S(=O)(=O)NCCOCC(=O)O. The van der Waals surface area contributed by atoms with Gasteiger partial charge in [0.25, 0.3) is 10.2 Å². The molecule has 0 aromatic rings. The summed E-state index contributed by atoms with van der Waals surface area (Å²) in [7, 11) is -3.47. The number of aliphatic carboxylic acids is 1. The van der Waals surface area contributed by atoms with E-state index >= 15 is 0 Å². The summed E-state index contributed by atoms with van der Waals surface area (Å²) in [5.41, 5.74) is 0. The second-order valence-electron chi connectivity index (χ2n) is 2.93. The van der Waals surface area contributed by atoms with Gasteiger partial charge in [-0.1, -0.05) is 13.8 Å². The molecule has 0 saturated heterocycles. The van der Waals surface area contributed by atoms with Gasteiger partial charge in [-0.05, 0) is 0 Å². The van der Waals surface area contributed by atoms with Crippen LogP contribution in [0.4, 0.5) is 0 Å². The average molecular weight is 254 g/mol. The normalized spacial score (nSPS) is 11.9. The smallest absolute Gasteiger partial charge is 0.329 e. The zero-order valence-corrected chi connectivity index (χ0v) is 10.3. The number of carbonyl (C=O) groups is 1. The molecule has 0 radical (unpaired) electrons. The second-order valence-corrected chi connectivity index (χ2v) is 4.69. The van der Waals surface area contributed by atoms with Crippen molar-refractivity contribution < 1.29 is 23.1 Å². The van der Waals surface area contributed by atoms with Crippen molar-refractivity contribution in [3.05, 3.63) is 0 Å². The van der Waals surface area contributed by atoms with Gasteiger partial charge in [0, 0.05) is 19.6 Å². The Balaban J connectivity index is 3.87. The number of nitrogens with zero attached hydrogens (tertiary/aromatic N) is 1. The molecule has 0 aliphatic rings. The monoisotopic (exact) mass is 254 g/mol. The lowest BCUT2D eigenvalue weighted by Gasteiger charge is -2.18. The molecular formula is C8H18N2O5S. The van der Waals surface area contributed by atoms with Crippen LogP contribution in [0.1, 0.15) is 13.8 Å². The standard InChI is InChI=1S/C8H18N2O5S/c1-3-10(4-2)16(13,14)9-5-6-15-7-8(11)12/h9H,3-7H2,1-2H3,(H,11,12). The molecular weight excluding hydrogens is 236 g/mol. The molecule has 0 aliphatic carbocycles. The third kappa shape index (κ3) is 6.01. The van der Waals surface area contributed by atoms with Crippen molar-refractivity contribution in [2.75, 3.05) is 32.8 Å². The number of carboxylic acids is 1. The first kappa shape index (κ1) is 15.3. The van der Waals surface area contributed by atoms with Gasteiger partial charge in [-0.15, -0.1) is 0 Å². The summed E-state index contributed by atoms with van der Waals surface area (Å²) in [6, 6.07) is 0. The first-order chi connectivity index (χ1) is 7.44. The minimum atomic E-state index is -3.47. The number of nitrogens with one attached hydrogen (secondary N) is 1. The van der Waals surface area contributed by atoms with Crippen molar-refractivity contribution in [1.82, 2.24) is 9.03 Å². The molecule has 0 rings (SSSR count). The Labute approximate surface area is 95.6 Å². The van der Waals surface area contributed by atoms with Crippen LogP contribution in [0.15, 0.2) is 0 Å². The van der Waals surface area contributed by atoms with Gasteiger partial charge < -0.3 is 9.84 Å². The van der Waals surface area contributed by atoms with Crippen molar-refractivity contribution in [1.29, 1.82) is 0 Å². The summed E-state index contributed by atoms with van der Waals surface area (Å²) in [5, 5.41) is 8.27. The molecule has 96 valence electrons. The Kier molecular flexibility index (Phi) is 7.22. The number of ether oxygens (including phenoxy) is 1. The molecule has 0 atom stereocenters. The molecule has 0 spiro atoms. The summed E-state index contributed by atoms with van der Waals surface area (Å²) in [5.74, 6) is -1.08. The maximum absolute atomic E-state index is 11.5. The van der Waals surface area contributed by atoms with Crippen LogP contribution in [-0.4, -0.2) is 56.6 Å². The Hall–Kier alpha value is -0.700. The zero-order chi connectivity index (χ0) is 12.6. The minimum Gasteiger partial charge on any atom is -0.480 e. The van der Waals surface area contributed by atoms with Gasteiger partial charge in [0.15, 0.2) is 0 Å². The zero-order valence-electron chi connectivity index (χ0n) is 9.47. The number of hydrogen-bond acceptors (Lipinski definition) is 4. The maximum atomic E-state index is 11.5. The molecule has 0 aromatic carbocycles. The third-order valence-electron chi connectivity index (χ3n) is 1.80. The molecule has 0 aromatic heterocycles. The van der Waals surface area contributed by atoms with E-state index in [-0.39, 0.29) is 13.2 Å². The van der Waals surface area contributed by atoms with Crippen LogP contribution in [-0.2, 0) is 19.7 Å². The third-order valence-corrected chi connectivity index (χ3v) is 3.57. The largest absolute Gasteiger partial charge is 0.480 e. The van der Waals surface area contributed by atoms with Gasteiger partial charge in [-0.2, -0.15) is 17.4 Å². The van der Waals surface area contributed by atoms with Crippen LogP contribution in [0, 0.1) is 0 Å². The molecule has 0 bridgehead atoms. The van der Waals surface area contributed by atoms with Crippen LogP contribution in [0.25, 0.3) is 0 Å². The Bertz CT molecular complexity index is 300. The van der Waals surface area contributed by atoms with Crippen molar-refractivity contribution in [2.45, 2.75) is 13.8 Å². The topological polar surface area (TPSA) is 95.9 Å². The lowest BCUT2D eigenvalue weighted by Crippen LogP contribution is -2.41. The van der Waals surface area contributed by atoms with E-state index in [2.05, 4.69) is 4.72 Å². The molecule has 0 fully saturated rings. The van der Waals surface area contributed by atoms with Crippen molar-refractivity contribution in [2.24, 2.45) is 0 Å². The van der Waals surface area contributed by atoms with E-state index in [0.29, 0.717) is 13.1 Å². The summed E-state index contributed by atoms with van der Waals surface area (Å²) in [6.07, 6.45) is 0. The van der Waals surface area contributed by atoms with Gasteiger partial charge in [-0.25, -0.2) is 4.79 Å². The maximum Gasteiger partial charge on any atom is 0.329 e. The molecule has 0 unspecified atom stereocenters. The van der Waals surface area contributed by atoms with E-state index in [0.717, 1.165) is 0 Å². The highest BCUT2D eigenvalue weighted by atomic mass is 32.2. The first-order valence-corrected chi connectivity index (χ1v) is 6.42. The van der Waals surface area contributed by atoms with Gasteiger partial charge >= 0.3 is 5.97 Å². The second kappa shape index (κ2) is 7.55. The van der Waals surface area contributed by atoms with Crippen LogP contribution in [0.2, 0.25) is 0 Å². The summed E-state index contributed by atoms with van der Waals surface area (Å²) < 4.78 is 31.3. The molecule has 16 heavy (non-hydrogen) atoms. The van der Waals surface area contributed by atoms with E-state index in [1.54, 1.807) is 13.8 Å². The number of carboxylic acid groups (broad SMARTS) is 1. The molecule has 0 heterocycles. The van der Waals surface area contributed by atoms with E-state index in [1.165, 1.54) is 4.31 Å². The molecule has 0 saturated carbocycles. The minimum absolute atomic E-state index is 0.0345. The molecule has 8 heteroatoms. The highest BCUT2D eigenvalue weighted by Gasteiger charge is 2.17. The Morgan fingerprint density at radius 3 is 2.38 bits per heavy atom. The number of hydrogen-bond donors (Lipinski definition) is 2. The van der Waals surface area contributed by atoms with Crippen molar-refractivity contribution in [3.8, 4) is 0 Å². The van der Waals surface area contributed by atoms with Gasteiger partial charge in [0.05, 0.1) is 6.61 Å². The summed E-state index contributed by atoms with van der Waals surface area (Å²) >= 11 is 0. The van der Waals surface area contributed by atoms with Crippen molar-refractivity contribution >= 4 is 16.2 Å². The predicted molar refractivity (Wildman–Crippen MR) is 58.3 cm³/mol. The fourth-order valence-electron chi connectivity index (χ4n) is 1.06. The van der Waals surface area contributed by atoms with E-state index in [9.17, 15) is 13.2 Å². The van der Waals surface area contributed by atoms with Crippen LogP contribution in [0.5, 0.6) is 0 Å². The van der Waals surface area contributed by atoms with E-state index in [4.69, 9.17) is 9.84 Å². The lowest BCUT2D eigenvalue weighted by molar-refractivity contribution is -0.142. The average Bonchev–Trinajstić information content (AvgIpc) is 2.17. The van der Waals surface area contributed by atoms with Crippen LogP contribution < -0.4 is 4.72 Å².